The maximum Gasteiger partial charge on any atom is 0.265 e. The van der Waals surface area contributed by atoms with Gasteiger partial charge in [-0.25, -0.2) is 5.84 Å². The van der Waals surface area contributed by atoms with E-state index in [1.807, 2.05) is 18.0 Å². The van der Waals surface area contributed by atoms with Crippen LogP contribution in [-0.4, -0.2) is 49.3 Å². The molecule has 0 radical (unpaired) electrons. The minimum Gasteiger partial charge on any atom is -0.348 e. The van der Waals surface area contributed by atoms with Crippen LogP contribution >= 0.6 is 0 Å². The lowest BCUT2D eigenvalue weighted by Crippen LogP contribution is -2.34. The average molecular weight is 264 g/mol. The number of hydrogen-bond acceptors (Lipinski definition) is 4. The van der Waals surface area contributed by atoms with Crippen LogP contribution in [0.2, 0.25) is 0 Å². The zero-order chi connectivity index (χ0) is 14.4. The quantitative estimate of drug-likeness (QED) is 0.439. The van der Waals surface area contributed by atoms with Gasteiger partial charge in [0.15, 0.2) is 0 Å². The van der Waals surface area contributed by atoms with Crippen LogP contribution in [-0.2, 0) is 11.3 Å². The summed E-state index contributed by atoms with van der Waals surface area (Å²) in [6, 6.07) is 7.15. The van der Waals surface area contributed by atoms with Gasteiger partial charge in [-0.2, -0.15) is 0 Å². The molecule has 0 aliphatic carbocycles. The molecule has 1 aromatic rings. The van der Waals surface area contributed by atoms with Crippen molar-refractivity contribution in [3.8, 4) is 0 Å². The van der Waals surface area contributed by atoms with Gasteiger partial charge in [-0.15, -0.1) is 0 Å². The Morgan fingerprint density at radius 1 is 1.26 bits per heavy atom. The molecule has 0 fully saturated rings. The first-order valence-corrected chi connectivity index (χ1v) is 5.92. The summed E-state index contributed by atoms with van der Waals surface area (Å²) in [6.07, 6.45) is 0. The summed E-state index contributed by atoms with van der Waals surface area (Å²) in [7, 11) is 5.31. The molecule has 0 bridgehead atoms. The van der Waals surface area contributed by atoms with Crippen molar-refractivity contribution in [3.05, 3.63) is 35.4 Å². The molecule has 6 nitrogen and oxygen atoms in total. The molecule has 3 N–H and O–H groups in total. The number of nitrogens with two attached hydrogens (primary N) is 1. The van der Waals surface area contributed by atoms with E-state index in [2.05, 4.69) is 5.43 Å². The van der Waals surface area contributed by atoms with E-state index in [1.165, 1.54) is 0 Å². The number of rotatable bonds is 5. The topological polar surface area (TPSA) is 78.7 Å². The Hall–Kier alpha value is -1.92. The van der Waals surface area contributed by atoms with E-state index in [0.717, 1.165) is 5.56 Å². The first-order chi connectivity index (χ1) is 8.93. The summed E-state index contributed by atoms with van der Waals surface area (Å²) >= 11 is 0. The molecule has 0 aliphatic heterocycles. The van der Waals surface area contributed by atoms with Gasteiger partial charge >= 0.3 is 0 Å². The third-order valence-corrected chi connectivity index (χ3v) is 2.68. The first-order valence-electron chi connectivity index (χ1n) is 5.92. The van der Waals surface area contributed by atoms with Gasteiger partial charge in [-0.3, -0.25) is 19.9 Å². The number of carbonyl (C=O) groups excluding carboxylic acids is 2. The highest BCUT2D eigenvalue weighted by atomic mass is 16.2. The Kier molecular flexibility index (Phi) is 5.47. The molecule has 0 atom stereocenters. The second-order valence-corrected chi connectivity index (χ2v) is 4.63. The Labute approximate surface area is 113 Å². The molecule has 0 spiro atoms. The molecule has 2 amide bonds. The molecule has 0 heterocycles. The standard InChI is InChI=1S/C13H20N4O2/c1-16(2)12(18)9-17(3)8-10-5-4-6-11(7-10)13(19)15-14/h4-7H,8-9,14H2,1-3H3,(H,15,19). The number of carbonyl (C=O) groups is 2. The molecule has 1 aromatic carbocycles. The van der Waals surface area contributed by atoms with E-state index < -0.39 is 0 Å². The van der Waals surface area contributed by atoms with E-state index in [0.29, 0.717) is 18.7 Å². The number of nitrogens with one attached hydrogen (secondary N) is 1. The molecular formula is C13H20N4O2. The predicted octanol–water partition coefficient (Wildman–Crippen LogP) is -0.190. The summed E-state index contributed by atoms with van der Waals surface area (Å²) in [5, 5.41) is 0. The normalized spacial score (nSPS) is 10.4. The molecule has 19 heavy (non-hydrogen) atoms. The SMILES string of the molecule is CN(CC(=O)N(C)C)Cc1cccc(C(=O)NN)c1. The van der Waals surface area contributed by atoms with E-state index in [1.54, 1.807) is 37.2 Å². The van der Waals surface area contributed by atoms with Crippen molar-refractivity contribution in [1.82, 2.24) is 15.2 Å². The van der Waals surface area contributed by atoms with Crippen molar-refractivity contribution in [1.29, 1.82) is 0 Å². The molecule has 1 rings (SSSR count). The largest absolute Gasteiger partial charge is 0.348 e. The second-order valence-electron chi connectivity index (χ2n) is 4.63. The summed E-state index contributed by atoms with van der Waals surface area (Å²) in [5.74, 6) is 4.81. The molecule has 0 saturated heterocycles. The molecular weight excluding hydrogens is 244 g/mol. The zero-order valence-corrected chi connectivity index (χ0v) is 11.5. The van der Waals surface area contributed by atoms with Gasteiger partial charge in [-0.05, 0) is 24.7 Å². The van der Waals surface area contributed by atoms with Crippen molar-refractivity contribution < 1.29 is 9.59 Å². The summed E-state index contributed by atoms with van der Waals surface area (Å²) in [4.78, 5) is 26.4. The Balaban J connectivity index is 2.66. The molecule has 0 aromatic heterocycles. The van der Waals surface area contributed by atoms with E-state index in [-0.39, 0.29) is 11.8 Å². The average Bonchev–Trinajstić information content (AvgIpc) is 2.37. The van der Waals surface area contributed by atoms with Crippen molar-refractivity contribution in [3.63, 3.8) is 0 Å². The number of nitrogen functional groups attached to an aromatic ring is 1. The predicted molar refractivity (Wildman–Crippen MR) is 73.1 cm³/mol. The summed E-state index contributed by atoms with van der Waals surface area (Å²) < 4.78 is 0. The van der Waals surface area contributed by atoms with Gasteiger partial charge in [0.2, 0.25) is 5.91 Å². The highest BCUT2D eigenvalue weighted by molar-refractivity contribution is 5.93. The van der Waals surface area contributed by atoms with Crippen molar-refractivity contribution in [2.24, 2.45) is 5.84 Å². The first kappa shape index (κ1) is 15.1. The molecule has 104 valence electrons. The van der Waals surface area contributed by atoms with Crippen molar-refractivity contribution >= 4 is 11.8 Å². The van der Waals surface area contributed by atoms with E-state index in [4.69, 9.17) is 5.84 Å². The summed E-state index contributed by atoms with van der Waals surface area (Å²) in [5.41, 5.74) is 3.56. The lowest BCUT2D eigenvalue weighted by molar-refractivity contribution is -0.129. The van der Waals surface area contributed by atoms with Gasteiger partial charge in [0.1, 0.15) is 0 Å². The van der Waals surface area contributed by atoms with Gasteiger partial charge in [-0.1, -0.05) is 12.1 Å². The number of amides is 2. The van der Waals surface area contributed by atoms with Crippen LogP contribution in [0.3, 0.4) is 0 Å². The van der Waals surface area contributed by atoms with Crippen LogP contribution in [0.4, 0.5) is 0 Å². The van der Waals surface area contributed by atoms with Crippen molar-refractivity contribution in [2.75, 3.05) is 27.7 Å². The smallest absolute Gasteiger partial charge is 0.265 e. The highest BCUT2D eigenvalue weighted by Gasteiger charge is 2.10. The van der Waals surface area contributed by atoms with Crippen LogP contribution in [0.5, 0.6) is 0 Å². The van der Waals surface area contributed by atoms with Gasteiger partial charge in [0.25, 0.3) is 5.91 Å². The molecule has 0 aliphatic rings. The highest BCUT2D eigenvalue weighted by Crippen LogP contribution is 2.07. The lowest BCUT2D eigenvalue weighted by atomic mass is 10.1. The fraction of sp³-hybridized carbons (Fsp3) is 0.385. The Bertz CT molecular complexity index is 460. The van der Waals surface area contributed by atoms with E-state index in [9.17, 15) is 9.59 Å². The monoisotopic (exact) mass is 264 g/mol. The van der Waals surface area contributed by atoms with Crippen LogP contribution in [0.25, 0.3) is 0 Å². The number of hydrogen-bond donors (Lipinski definition) is 2. The number of likely N-dealkylation sites (N-methyl/N-ethyl adjacent to an activating group) is 2. The second kappa shape index (κ2) is 6.86. The maximum atomic E-state index is 11.6. The van der Waals surface area contributed by atoms with E-state index >= 15 is 0 Å². The third-order valence-electron chi connectivity index (χ3n) is 2.68. The summed E-state index contributed by atoms with van der Waals surface area (Å²) in [6.45, 7) is 0.922. The number of nitrogens with zero attached hydrogens (tertiary/aromatic N) is 2. The van der Waals surface area contributed by atoms with Gasteiger partial charge in [0.05, 0.1) is 6.54 Å². The Morgan fingerprint density at radius 3 is 2.53 bits per heavy atom. The number of hydrazine groups is 1. The number of benzene rings is 1. The van der Waals surface area contributed by atoms with Crippen molar-refractivity contribution in [2.45, 2.75) is 6.54 Å². The van der Waals surface area contributed by atoms with Crippen LogP contribution < -0.4 is 11.3 Å². The molecule has 0 unspecified atom stereocenters. The van der Waals surface area contributed by atoms with Gasteiger partial charge in [0, 0.05) is 26.2 Å². The fourth-order valence-electron chi connectivity index (χ4n) is 1.63. The Morgan fingerprint density at radius 2 is 1.95 bits per heavy atom. The third kappa shape index (κ3) is 4.69. The van der Waals surface area contributed by atoms with Crippen LogP contribution in [0.15, 0.2) is 24.3 Å². The molecule has 0 saturated carbocycles. The maximum absolute atomic E-state index is 11.6. The fourth-order valence-corrected chi connectivity index (χ4v) is 1.63. The van der Waals surface area contributed by atoms with Crippen LogP contribution in [0.1, 0.15) is 15.9 Å². The zero-order valence-electron chi connectivity index (χ0n) is 11.5. The minimum atomic E-state index is -0.325. The molecule has 6 heteroatoms. The minimum absolute atomic E-state index is 0.0401. The van der Waals surface area contributed by atoms with Gasteiger partial charge < -0.3 is 4.90 Å². The van der Waals surface area contributed by atoms with Crippen LogP contribution in [0, 0.1) is 0 Å². The lowest BCUT2D eigenvalue weighted by Gasteiger charge is -2.19.